The van der Waals surface area contributed by atoms with Crippen LogP contribution in [-0.2, 0) is 11.4 Å². The second-order valence-electron chi connectivity index (χ2n) is 9.87. The number of methoxy groups -OCH3 is 2. The molecule has 0 amide bonds. The molecule has 6 aromatic rings. The summed E-state index contributed by atoms with van der Waals surface area (Å²) in [6, 6.07) is 25.3. The van der Waals surface area contributed by atoms with Crippen LogP contribution in [-0.4, -0.2) is 49.8 Å². The second-order valence-corrected chi connectivity index (χ2v) is 9.87. The van der Waals surface area contributed by atoms with Crippen LogP contribution in [0.5, 0.6) is 23.3 Å². The number of fused-ring (bicyclic) bond motifs is 4. The quantitative estimate of drug-likeness (QED) is 0.174. The molecule has 0 unspecified atom stereocenters. The first kappa shape index (κ1) is 26.2. The van der Waals surface area contributed by atoms with Gasteiger partial charge in [0, 0.05) is 5.56 Å². The SMILES string of the molecule is COc1ccc(/C=N\OCc2nc3c4c(ncn3n2)Oc2c(c(C)nn2-c2ccccc2)[C@H]4c2ccccc2OC)cc1. The molecule has 1 atom stereocenters. The van der Waals surface area contributed by atoms with Crippen molar-refractivity contribution in [1.29, 1.82) is 0 Å². The van der Waals surface area contributed by atoms with Gasteiger partial charge in [-0.15, -0.1) is 5.10 Å². The van der Waals surface area contributed by atoms with Gasteiger partial charge in [-0.05, 0) is 55.0 Å². The normalized spacial score (nSPS) is 13.9. The summed E-state index contributed by atoms with van der Waals surface area (Å²) >= 11 is 0. The highest BCUT2D eigenvalue weighted by molar-refractivity contribution is 5.79. The van der Waals surface area contributed by atoms with Gasteiger partial charge in [0.05, 0.1) is 48.9 Å². The minimum atomic E-state index is -0.338. The molecule has 3 aromatic heterocycles. The summed E-state index contributed by atoms with van der Waals surface area (Å²) in [6.07, 6.45) is 3.21. The number of ether oxygens (including phenoxy) is 3. The van der Waals surface area contributed by atoms with E-state index < -0.39 is 0 Å². The lowest BCUT2D eigenvalue weighted by atomic mass is 9.84. The van der Waals surface area contributed by atoms with Crippen molar-refractivity contribution in [2.75, 3.05) is 14.2 Å². The molecule has 1 aliphatic heterocycles. The van der Waals surface area contributed by atoms with Gasteiger partial charge in [-0.1, -0.05) is 41.6 Å². The molecule has 0 saturated carbocycles. The maximum Gasteiger partial charge on any atom is 0.230 e. The van der Waals surface area contributed by atoms with Crippen LogP contribution in [0.4, 0.5) is 0 Å². The monoisotopic (exact) mass is 573 g/mol. The van der Waals surface area contributed by atoms with E-state index in [9.17, 15) is 0 Å². The van der Waals surface area contributed by atoms with Gasteiger partial charge in [-0.3, -0.25) is 0 Å². The Kier molecular flexibility index (Phi) is 6.66. The zero-order chi connectivity index (χ0) is 29.3. The van der Waals surface area contributed by atoms with E-state index in [-0.39, 0.29) is 12.5 Å². The lowest BCUT2D eigenvalue weighted by Gasteiger charge is -2.27. The number of para-hydroxylation sites is 2. The molecule has 1 aliphatic rings. The minimum Gasteiger partial charge on any atom is -0.497 e. The summed E-state index contributed by atoms with van der Waals surface area (Å²) in [7, 11) is 3.29. The van der Waals surface area contributed by atoms with Crippen molar-refractivity contribution >= 4 is 11.9 Å². The molecule has 214 valence electrons. The third-order valence-corrected chi connectivity index (χ3v) is 7.30. The van der Waals surface area contributed by atoms with E-state index in [1.54, 1.807) is 31.3 Å². The Labute approximate surface area is 246 Å². The zero-order valence-electron chi connectivity index (χ0n) is 23.7. The number of aryl methyl sites for hydroxylation is 1. The number of oxime groups is 1. The highest BCUT2D eigenvalue weighted by Crippen LogP contribution is 2.51. The van der Waals surface area contributed by atoms with Crippen LogP contribution in [0.25, 0.3) is 11.3 Å². The standard InChI is InChI=1S/C32H27N7O4/c1-20-27-28(24-11-7-8-12-25(24)41-3)29-30-35-26(18-42-34-17-21-13-15-23(40-2)16-14-21)37-38(30)19-33-31(29)43-32(27)39(36-20)22-9-5-4-6-10-22/h4-17,19,28H,18H2,1-3H3/b34-17-/t28-/m1/s1. The predicted octanol–water partition coefficient (Wildman–Crippen LogP) is 5.47. The molecule has 43 heavy (non-hydrogen) atoms. The van der Waals surface area contributed by atoms with Crippen LogP contribution in [0.3, 0.4) is 0 Å². The summed E-state index contributed by atoms with van der Waals surface area (Å²) in [4.78, 5) is 15.0. The van der Waals surface area contributed by atoms with Crippen molar-refractivity contribution in [3.05, 3.63) is 119 Å². The number of aromatic nitrogens is 6. The number of hydrogen-bond acceptors (Lipinski definition) is 9. The third kappa shape index (κ3) is 4.70. The molecule has 0 saturated heterocycles. The molecule has 0 aliphatic carbocycles. The van der Waals surface area contributed by atoms with Crippen LogP contribution >= 0.6 is 0 Å². The number of benzene rings is 3. The van der Waals surface area contributed by atoms with Crippen LogP contribution in [0.1, 0.15) is 39.7 Å². The first-order chi connectivity index (χ1) is 21.1. The molecule has 0 bridgehead atoms. The van der Waals surface area contributed by atoms with Gasteiger partial charge >= 0.3 is 0 Å². The van der Waals surface area contributed by atoms with Crippen molar-refractivity contribution in [2.24, 2.45) is 5.16 Å². The first-order valence-corrected chi connectivity index (χ1v) is 13.6. The van der Waals surface area contributed by atoms with Crippen molar-refractivity contribution in [3.63, 3.8) is 0 Å². The van der Waals surface area contributed by atoms with E-state index in [1.807, 2.05) is 90.5 Å². The van der Waals surface area contributed by atoms with E-state index in [0.717, 1.165) is 45.1 Å². The average Bonchev–Trinajstić information content (AvgIpc) is 3.63. The van der Waals surface area contributed by atoms with Gasteiger partial charge < -0.3 is 19.0 Å². The Morgan fingerprint density at radius 2 is 1.70 bits per heavy atom. The molecule has 0 radical (unpaired) electrons. The fourth-order valence-electron chi connectivity index (χ4n) is 5.33. The largest absolute Gasteiger partial charge is 0.497 e. The fourth-order valence-corrected chi connectivity index (χ4v) is 5.33. The summed E-state index contributed by atoms with van der Waals surface area (Å²) in [5.74, 6) is 2.63. The van der Waals surface area contributed by atoms with Crippen molar-refractivity contribution in [2.45, 2.75) is 19.4 Å². The lowest BCUT2D eigenvalue weighted by molar-refractivity contribution is 0.126. The average molecular weight is 574 g/mol. The van der Waals surface area contributed by atoms with Crippen LogP contribution in [0.15, 0.2) is 90.3 Å². The Balaban J connectivity index is 1.29. The van der Waals surface area contributed by atoms with Crippen LogP contribution in [0, 0.1) is 6.92 Å². The van der Waals surface area contributed by atoms with Gasteiger partial charge in [0.1, 0.15) is 17.8 Å². The van der Waals surface area contributed by atoms with Crippen LogP contribution < -0.4 is 14.2 Å². The zero-order valence-corrected chi connectivity index (χ0v) is 23.7. The van der Waals surface area contributed by atoms with E-state index in [0.29, 0.717) is 23.2 Å². The molecule has 11 nitrogen and oxygen atoms in total. The maximum atomic E-state index is 6.49. The summed E-state index contributed by atoms with van der Waals surface area (Å²) < 4.78 is 21.0. The molecule has 0 spiro atoms. The Hall–Kier alpha value is -5.71. The molecule has 4 heterocycles. The maximum absolute atomic E-state index is 6.49. The highest BCUT2D eigenvalue weighted by atomic mass is 16.6. The summed E-state index contributed by atoms with van der Waals surface area (Å²) in [6.45, 7) is 2.05. The van der Waals surface area contributed by atoms with Gasteiger partial charge in [0.2, 0.25) is 11.8 Å². The molecule has 11 heteroatoms. The second kappa shape index (κ2) is 10.9. The van der Waals surface area contributed by atoms with Crippen molar-refractivity contribution in [3.8, 4) is 28.9 Å². The number of hydrogen-bond donors (Lipinski definition) is 0. The number of nitrogens with zero attached hydrogens (tertiary/aromatic N) is 7. The summed E-state index contributed by atoms with van der Waals surface area (Å²) in [5.41, 5.74) is 5.77. The van der Waals surface area contributed by atoms with Crippen LogP contribution in [0.2, 0.25) is 0 Å². The van der Waals surface area contributed by atoms with Crippen molar-refractivity contribution in [1.82, 2.24) is 29.4 Å². The van der Waals surface area contributed by atoms with Gasteiger partial charge in [-0.2, -0.15) is 5.10 Å². The molecule has 0 N–H and O–H groups in total. The molecule has 0 fully saturated rings. The van der Waals surface area contributed by atoms with E-state index in [2.05, 4.69) is 15.2 Å². The molecular weight excluding hydrogens is 546 g/mol. The molecule has 3 aromatic carbocycles. The smallest absolute Gasteiger partial charge is 0.230 e. The van der Waals surface area contributed by atoms with Gasteiger partial charge in [0.25, 0.3) is 0 Å². The Morgan fingerprint density at radius 3 is 2.49 bits per heavy atom. The third-order valence-electron chi connectivity index (χ3n) is 7.30. The summed E-state index contributed by atoms with van der Waals surface area (Å²) in [5, 5.41) is 13.6. The number of rotatable bonds is 8. The van der Waals surface area contributed by atoms with E-state index >= 15 is 0 Å². The molecule has 7 rings (SSSR count). The lowest BCUT2D eigenvalue weighted by Crippen LogP contribution is -2.16. The first-order valence-electron chi connectivity index (χ1n) is 13.6. The Bertz CT molecular complexity index is 1950. The molecular formula is C32H27N7O4. The van der Waals surface area contributed by atoms with Gasteiger partial charge in [0.15, 0.2) is 18.1 Å². The van der Waals surface area contributed by atoms with E-state index in [4.69, 9.17) is 29.1 Å². The van der Waals surface area contributed by atoms with E-state index in [1.165, 1.54) is 0 Å². The Morgan fingerprint density at radius 1 is 0.907 bits per heavy atom. The minimum absolute atomic E-state index is 0.0690. The van der Waals surface area contributed by atoms with Gasteiger partial charge in [-0.25, -0.2) is 19.2 Å². The topological polar surface area (TPSA) is 110 Å². The van der Waals surface area contributed by atoms with Crippen molar-refractivity contribution < 1.29 is 19.0 Å². The predicted molar refractivity (Wildman–Crippen MR) is 158 cm³/mol. The fraction of sp³-hybridized carbons (Fsp3) is 0.156. The highest BCUT2D eigenvalue weighted by Gasteiger charge is 2.39.